The number of hydrogen-bond donors (Lipinski definition) is 1. The van der Waals surface area contributed by atoms with Crippen molar-refractivity contribution in [3.63, 3.8) is 0 Å². The van der Waals surface area contributed by atoms with Crippen LogP contribution in [0.5, 0.6) is 0 Å². The van der Waals surface area contributed by atoms with Crippen LogP contribution in [0, 0.1) is 11.8 Å². The number of piperazine rings is 1. The van der Waals surface area contributed by atoms with Crippen molar-refractivity contribution in [1.29, 1.82) is 0 Å². The molecule has 2 amide bonds. The second-order valence-corrected chi connectivity index (χ2v) is 4.63. The first-order valence-corrected chi connectivity index (χ1v) is 6.44. The van der Waals surface area contributed by atoms with Gasteiger partial charge in [-0.1, -0.05) is 11.8 Å². The second kappa shape index (κ2) is 6.22. The highest BCUT2D eigenvalue weighted by atomic mass is 16.2. The molecule has 0 aliphatic carbocycles. The maximum Gasteiger partial charge on any atom is 0.254 e. The van der Waals surface area contributed by atoms with E-state index in [-0.39, 0.29) is 18.4 Å². The molecule has 1 aromatic carbocycles. The van der Waals surface area contributed by atoms with Crippen molar-refractivity contribution in [3.8, 4) is 11.8 Å². The Balaban J connectivity index is 2.08. The largest absolute Gasteiger partial charge is 0.342 e. The average Bonchev–Trinajstić information content (AvgIpc) is 2.48. The van der Waals surface area contributed by atoms with Crippen LogP contribution in [0.25, 0.3) is 0 Å². The van der Waals surface area contributed by atoms with E-state index in [4.69, 9.17) is 5.73 Å². The summed E-state index contributed by atoms with van der Waals surface area (Å²) in [6.45, 7) is 1.59. The van der Waals surface area contributed by atoms with Gasteiger partial charge >= 0.3 is 0 Å². The molecule has 0 spiro atoms. The summed E-state index contributed by atoms with van der Waals surface area (Å²) in [4.78, 5) is 27.1. The Hall–Kier alpha value is -2.32. The molecule has 5 heteroatoms. The SMILES string of the molecule is CN1CCN(C(=O)c2ccc(C#CCN)cc2)CC1=O. The predicted octanol–water partition coefficient (Wildman–Crippen LogP) is -0.0890. The topological polar surface area (TPSA) is 66.6 Å². The number of amides is 2. The normalized spacial score (nSPS) is 14.8. The van der Waals surface area contributed by atoms with Crippen molar-refractivity contribution < 1.29 is 9.59 Å². The Labute approximate surface area is 118 Å². The minimum atomic E-state index is -0.121. The molecular formula is C15H17N3O2. The molecular weight excluding hydrogens is 254 g/mol. The lowest BCUT2D eigenvalue weighted by atomic mass is 10.1. The number of carbonyl (C=O) groups is 2. The molecule has 0 saturated carbocycles. The van der Waals surface area contributed by atoms with E-state index in [2.05, 4.69) is 11.8 Å². The van der Waals surface area contributed by atoms with Gasteiger partial charge in [0.2, 0.25) is 5.91 Å². The maximum atomic E-state index is 12.3. The van der Waals surface area contributed by atoms with Crippen molar-refractivity contribution in [1.82, 2.24) is 9.80 Å². The first-order valence-electron chi connectivity index (χ1n) is 6.44. The lowest BCUT2D eigenvalue weighted by Gasteiger charge is -2.32. The molecule has 2 N–H and O–H groups in total. The van der Waals surface area contributed by atoms with Gasteiger partial charge < -0.3 is 15.5 Å². The minimum absolute atomic E-state index is 0.0324. The molecule has 20 heavy (non-hydrogen) atoms. The molecule has 1 saturated heterocycles. The number of nitrogens with two attached hydrogens (primary N) is 1. The van der Waals surface area contributed by atoms with Crippen LogP contribution in [0.15, 0.2) is 24.3 Å². The molecule has 2 rings (SSSR count). The summed E-state index contributed by atoms with van der Waals surface area (Å²) < 4.78 is 0. The summed E-state index contributed by atoms with van der Waals surface area (Å²) in [6, 6.07) is 7.03. The Morgan fingerprint density at radius 1 is 1.30 bits per heavy atom. The van der Waals surface area contributed by atoms with E-state index in [0.717, 1.165) is 5.56 Å². The summed E-state index contributed by atoms with van der Waals surface area (Å²) in [6.07, 6.45) is 0. The molecule has 1 fully saturated rings. The third kappa shape index (κ3) is 3.16. The molecule has 5 nitrogen and oxygen atoms in total. The Morgan fingerprint density at radius 2 is 2.00 bits per heavy atom. The van der Waals surface area contributed by atoms with E-state index < -0.39 is 0 Å². The highest BCUT2D eigenvalue weighted by molar-refractivity contribution is 5.97. The van der Waals surface area contributed by atoms with Gasteiger partial charge in [-0.05, 0) is 24.3 Å². The fourth-order valence-electron chi connectivity index (χ4n) is 1.96. The molecule has 1 aliphatic heterocycles. The van der Waals surface area contributed by atoms with Gasteiger partial charge in [0.05, 0.1) is 6.54 Å². The third-order valence-corrected chi connectivity index (χ3v) is 3.21. The number of likely N-dealkylation sites (N-methyl/N-ethyl adjacent to an activating group) is 1. The first kappa shape index (κ1) is 14.1. The van der Waals surface area contributed by atoms with Crippen LogP contribution in [0.1, 0.15) is 15.9 Å². The summed E-state index contributed by atoms with van der Waals surface area (Å²) in [5.41, 5.74) is 6.70. The molecule has 0 bridgehead atoms. The Morgan fingerprint density at radius 3 is 2.60 bits per heavy atom. The molecule has 1 aliphatic rings. The number of hydrogen-bond acceptors (Lipinski definition) is 3. The molecule has 0 unspecified atom stereocenters. The Kier molecular flexibility index (Phi) is 4.38. The molecule has 104 valence electrons. The van der Waals surface area contributed by atoms with E-state index >= 15 is 0 Å². The third-order valence-electron chi connectivity index (χ3n) is 3.21. The van der Waals surface area contributed by atoms with Crippen molar-refractivity contribution in [2.45, 2.75) is 0 Å². The van der Waals surface area contributed by atoms with Crippen LogP contribution in [0.3, 0.4) is 0 Å². The first-order chi connectivity index (χ1) is 9.61. The van der Waals surface area contributed by atoms with Crippen LogP contribution in [-0.2, 0) is 4.79 Å². The molecule has 1 aromatic rings. The van der Waals surface area contributed by atoms with Gasteiger partial charge in [-0.15, -0.1) is 0 Å². The van der Waals surface area contributed by atoms with E-state index in [1.165, 1.54) is 0 Å². The van der Waals surface area contributed by atoms with Crippen LogP contribution in [0.2, 0.25) is 0 Å². The zero-order valence-corrected chi connectivity index (χ0v) is 11.4. The summed E-state index contributed by atoms with van der Waals surface area (Å²) in [5.74, 6) is 5.51. The maximum absolute atomic E-state index is 12.3. The van der Waals surface area contributed by atoms with Gasteiger partial charge in [0, 0.05) is 31.3 Å². The van der Waals surface area contributed by atoms with Gasteiger partial charge in [0.1, 0.15) is 6.54 Å². The minimum Gasteiger partial charge on any atom is -0.342 e. The number of nitrogens with zero attached hydrogens (tertiary/aromatic N) is 2. The number of benzene rings is 1. The monoisotopic (exact) mass is 271 g/mol. The summed E-state index contributed by atoms with van der Waals surface area (Å²) in [7, 11) is 1.75. The van der Waals surface area contributed by atoms with Crippen molar-refractivity contribution in [3.05, 3.63) is 35.4 Å². The van der Waals surface area contributed by atoms with Crippen molar-refractivity contribution >= 4 is 11.8 Å². The van der Waals surface area contributed by atoms with E-state index in [0.29, 0.717) is 25.2 Å². The average molecular weight is 271 g/mol. The lowest BCUT2D eigenvalue weighted by molar-refractivity contribution is -0.133. The molecule has 1 heterocycles. The van der Waals surface area contributed by atoms with Crippen LogP contribution in [-0.4, -0.2) is 54.8 Å². The van der Waals surface area contributed by atoms with Crippen molar-refractivity contribution in [2.75, 3.05) is 33.2 Å². The zero-order chi connectivity index (χ0) is 14.5. The van der Waals surface area contributed by atoms with Gasteiger partial charge in [0.15, 0.2) is 0 Å². The zero-order valence-electron chi connectivity index (χ0n) is 11.4. The highest BCUT2D eigenvalue weighted by Crippen LogP contribution is 2.10. The molecule has 0 atom stereocenters. The standard InChI is InChI=1S/C15H17N3O2/c1-17-9-10-18(11-14(17)19)15(20)13-6-4-12(5-7-13)3-2-8-16/h4-7H,8-11,16H2,1H3. The van der Waals surface area contributed by atoms with Crippen molar-refractivity contribution in [2.24, 2.45) is 5.73 Å². The quantitative estimate of drug-likeness (QED) is 0.726. The molecule has 0 radical (unpaired) electrons. The lowest BCUT2D eigenvalue weighted by Crippen LogP contribution is -2.50. The van der Waals surface area contributed by atoms with Crippen LogP contribution in [0.4, 0.5) is 0 Å². The van der Waals surface area contributed by atoms with Gasteiger partial charge in [-0.3, -0.25) is 9.59 Å². The predicted molar refractivity (Wildman–Crippen MR) is 75.9 cm³/mol. The Bertz CT molecular complexity index is 569. The van der Waals surface area contributed by atoms with E-state index in [1.807, 2.05) is 0 Å². The van der Waals surface area contributed by atoms with Crippen LogP contribution < -0.4 is 5.73 Å². The second-order valence-electron chi connectivity index (χ2n) is 4.63. The van der Waals surface area contributed by atoms with E-state index in [1.54, 1.807) is 41.1 Å². The fraction of sp³-hybridized carbons (Fsp3) is 0.333. The van der Waals surface area contributed by atoms with Gasteiger partial charge in [0.25, 0.3) is 5.91 Å². The number of rotatable bonds is 1. The smallest absolute Gasteiger partial charge is 0.254 e. The molecule has 0 aromatic heterocycles. The highest BCUT2D eigenvalue weighted by Gasteiger charge is 2.25. The summed E-state index contributed by atoms with van der Waals surface area (Å²) in [5, 5.41) is 0. The van der Waals surface area contributed by atoms with E-state index in [9.17, 15) is 9.59 Å². The summed E-state index contributed by atoms with van der Waals surface area (Å²) >= 11 is 0. The fourth-order valence-corrected chi connectivity index (χ4v) is 1.96. The number of carbonyl (C=O) groups excluding carboxylic acids is 2. The van der Waals surface area contributed by atoms with Gasteiger partial charge in [-0.2, -0.15) is 0 Å². The van der Waals surface area contributed by atoms with Gasteiger partial charge in [-0.25, -0.2) is 0 Å². The van der Waals surface area contributed by atoms with Crippen LogP contribution >= 0.6 is 0 Å².